The molecule has 0 fully saturated rings. The van der Waals surface area contributed by atoms with Crippen molar-refractivity contribution in [1.82, 2.24) is 0 Å². The molecule has 0 aromatic heterocycles. The number of halogens is 1. The van der Waals surface area contributed by atoms with Crippen LogP contribution in [0.1, 0.15) is 12.5 Å². The maximum absolute atomic E-state index is 8.36. The highest BCUT2D eigenvalue weighted by Gasteiger charge is 1.98. The number of rotatable bonds is 2. The summed E-state index contributed by atoms with van der Waals surface area (Å²) in [6.45, 7) is 1.88. The Balaban J connectivity index is 0.000000500. The standard InChI is InChI=1S/C9H11BrO.CH2O2/c1-3-7-4-5-9(11-2)8(10)6-7;2-1-3/h4-6H,3H2,1-2H3;1H,(H,2,3). The Labute approximate surface area is 91.8 Å². The van der Waals surface area contributed by atoms with Crippen molar-refractivity contribution >= 4 is 22.4 Å². The first-order chi connectivity index (χ1) is 6.69. The van der Waals surface area contributed by atoms with Crippen LogP contribution in [-0.4, -0.2) is 18.7 Å². The van der Waals surface area contributed by atoms with Crippen LogP contribution in [-0.2, 0) is 11.2 Å². The lowest BCUT2D eigenvalue weighted by molar-refractivity contribution is -0.122. The molecule has 4 heteroatoms. The second-order valence-corrected chi connectivity index (χ2v) is 3.28. The Bertz CT molecular complexity index is 287. The van der Waals surface area contributed by atoms with E-state index in [4.69, 9.17) is 14.6 Å². The molecule has 0 aliphatic heterocycles. The zero-order chi connectivity index (χ0) is 11.0. The molecule has 3 nitrogen and oxygen atoms in total. The highest BCUT2D eigenvalue weighted by molar-refractivity contribution is 9.10. The predicted molar refractivity (Wildman–Crippen MR) is 58.8 cm³/mol. The zero-order valence-corrected chi connectivity index (χ0v) is 9.74. The van der Waals surface area contributed by atoms with Crippen molar-refractivity contribution in [2.75, 3.05) is 7.11 Å². The molecule has 0 atom stereocenters. The van der Waals surface area contributed by atoms with E-state index in [1.54, 1.807) is 7.11 Å². The largest absolute Gasteiger partial charge is 0.496 e. The fraction of sp³-hybridized carbons (Fsp3) is 0.300. The Morgan fingerprint density at radius 1 is 1.57 bits per heavy atom. The van der Waals surface area contributed by atoms with Gasteiger partial charge in [0.2, 0.25) is 0 Å². The van der Waals surface area contributed by atoms with Crippen molar-refractivity contribution < 1.29 is 14.6 Å². The van der Waals surface area contributed by atoms with E-state index in [1.807, 2.05) is 6.07 Å². The van der Waals surface area contributed by atoms with Gasteiger partial charge in [0.25, 0.3) is 6.47 Å². The van der Waals surface area contributed by atoms with Crippen LogP contribution in [0.4, 0.5) is 0 Å². The molecule has 0 spiro atoms. The van der Waals surface area contributed by atoms with Crippen molar-refractivity contribution in [3.63, 3.8) is 0 Å². The average Bonchev–Trinajstić information content (AvgIpc) is 2.19. The fourth-order valence-electron chi connectivity index (χ4n) is 0.930. The summed E-state index contributed by atoms with van der Waals surface area (Å²) >= 11 is 3.42. The van der Waals surface area contributed by atoms with E-state index < -0.39 is 0 Å². The van der Waals surface area contributed by atoms with E-state index in [0.717, 1.165) is 16.6 Å². The Morgan fingerprint density at radius 3 is 2.50 bits per heavy atom. The molecule has 0 amide bonds. The molecule has 0 heterocycles. The van der Waals surface area contributed by atoms with E-state index in [1.165, 1.54) is 5.56 Å². The maximum Gasteiger partial charge on any atom is 0.290 e. The molecular formula is C10H13BrO3. The summed E-state index contributed by atoms with van der Waals surface area (Å²) in [6, 6.07) is 6.13. The normalized spacial score (nSPS) is 8.50. The minimum atomic E-state index is -0.250. The van der Waals surface area contributed by atoms with Gasteiger partial charge < -0.3 is 9.84 Å². The maximum atomic E-state index is 8.36. The third kappa shape index (κ3) is 4.28. The van der Waals surface area contributed by atoms with Crippen LogP contribution >= 0.6 is 15.9 Å². The molecule has 0 saturated heterocycles. The van der Waals surface area contributed by atoms with Crippen LogP contribution in [0.3, 0.4) is 0 Å². The first-order valence-corrected chi connectivity index (χ1v) is 4.89. The number of carbonyl (C=O) groups is 1. The van der Waals surface area contributed by atoms with Gasteiger partial charge in [-0.05, 0) is 40.0 Å². The summed E-state index contributed by atoms with van der Waals surface area (Å²) in [4.78, 5) is 8.36. The van der Waals surface area contributed by atoms with Crippen molar-refractivity contribution in [3.8, 4) is 5.75 Å². The summed E-state index contributed by atoms with van der Waals surface area (Å²) in [7, 11) is 1.67. The van der Waals surface area contributed by atoms with Crippen LogP contribution in [0.5, 0.6) is 5.75 Å². The lowest BCUT2D eigenvalue weighted by Crippen LogP contribution is -1.86. The third-order valence-corrected chi connectivity index (χ3v) is 2.24. The molecule has 1 aromatic carbocycles. The lowest BCUT2D eigenvalue weighted by atomic mass is 10.2. The molecule has 0 bridgehead atoms. The summed E-state index contributed by atoms with van der Waals surface area (Å²) in [5, 5.41) is 6.89. The number of methoxy groups -OCH3 is 1. The minimum absolute atomic E-state index is 0.250. The van der Waals surface area contributed by atoms with E-state index in [9.17, 15) is 0 Å². The number of hydrogen-bond acceptors (Lipinski definition) is 2. The first-order valence-electron chi connectivity index (χ1n) is 4.09. The van der Waals surface area contributed by atoms with E-state index in [-0.39, 0.29) is 6.47 Å². The molecular weight excluding hydrogens is 248 g/mol. The smallest absolute Gasteiger partial charge is 0.290 e. The lowest BCUT2D eigenvalue weighted by Gasteiger charge is -2.03. The molecule has 0 aliphatic rings. The molecule has 0 radical (unpaired) electrons. The van der Waals surface area contributed by atoms with E-state index >= 15 is 0 Å². The van der Waals surface area contributed by atoms with Crippen LogP contribution < -0.4 is 4.74 Å². The predicted octanol–water partition coefficient (Wildman–Crippen LogP) is 2.72. The van der Waals surface area contributed by atoms with Crippen molar-refractivity contribution in [2.45, 2.75) is 13.3 Å². The molecule has 1 aromatic rings. The summed E-state index contributed by atoms with van der Waals surface area (Å²) < 4.78 is 6.12. The van der Waals surface area contributed by atoms with Gasteiger partial charge in [-0.3, -0.25) is 4.79 Å². The number of benzene rings is 1. The average molecular weight is 261 g/mol. The quantitative estimate of drug-likeness (QED) is 0.832. The zero-order valence-electron chi connectivity index (χ0n) is 8.16. The van der Waals surface area contributed by atoms with E-state index in [2.05, 4.69) is 35.0 Å². The minimum Gasteiger partial charge on any atom is -0.496 e. The van der Waals surface area contributed by atoms with Crippen LogP contribution in [0.2, 0.25) is 0 Å². The van der Waals surface area contributed by atoms with Crippen molar-refractivity contribution in [2.24, 2.45) is 0 Å². The van der Waals surface area contributed by atoms with Crippen molar-refractivity contribution in [1.29, 1.82) is 0 Å². The summed E-state index contributed by atoms with van der Waals surface area (Å²) in [5.74, 6) is 0.891. The highest BCUT2D eigenvalue weighted by Crippen LogP contribution is 2.25. The second-order valence-electron chi connectivity index (χ2n) is 2.43. The van der Waals surface area contributed by atoms with E-state index in [0.29, 0.717) is 0 Å². The molecule has 0 saturated carbocycles. The molecule has 14 heavy (non-hydrogen) atoms. The topological polar surface area (TPSA) is 46.5 Å². The first kappa shape index (κ1) is 13.0. The Kier molecular flexibility index (Phi) is 6.84. The van der Waals surface area contributed by atoms with Gasteiger partial charge in [0.05, 0.1) is 11.6 Å². The van der Waals surface area contributed by atoms with Gasteiger partial charge in [-0.1, -0.05) is 13.0 Å². The van der Waals surface area contributed by atoms with Gasteiger partial charge in [-0.2, -0.15) is 0 Å². The number of hydrogen-bond donors (Lipinski definition) is 1. The van der Waals surface area contributed by atoms with Gasteiger partial charge in [0.1, 0.15) is 5.75 Å². The second kappa shape index (κ2) is 7.38. The Hall–Kier alpha value is -1.03. The SMILES string of the molecule is CCc1ccc(OC)c(Br)c1.O=CO. The van der Waals surface area contributed by atoms with Crippen molar-refractivity contribution in [3.05, 3.63) is 28.2 Å². The van der Waals surface area contributed by atoms with Gasteiger partial charge in [-0.25, -0.2) is 0 Å². The molecule has 0 unspecified atom stereocenters. The van der Waals surface area contributed by atoms with Gasteiger partial charge in [0, 0.05) is 0 Å². The van der Waals surface area contributed by atoms with Gasteiger partial charge >= 0.3 is 0 Å². The third-order valence-electron chi connectivity index (χ3n) is 1.62. The number of ether oxygens (including phenoxy) is 1. The van der Waals surface area contributed by atoms with Crippen LogP contribution in [0.25, 0.3) is 0 Å². The Morgan fingerprint density at radius 2 is 2.14 bits per heavy atom. The van der Waals surface area contributed by atoms with Gasteiger partial charge in [0.15, 0.2) is 0 Å². The van der Waals surface area contributed by atoms with Crippen LogP contribution in [0, 0.1) is 0 Å². The monoisotopic (exact) mass is 260 g/mol. The van der Waals surface area contributed by atoms with Gasteiger partial charge in [-0.15, -0.1) is 0 Å². The summed E-state index contributed by atoms with van der Waals surface area (Å²) in [5.41, 5.74) is 1.32. The number of carboxylic acid groups (broad SMARTS) is 1. The molecule has 78 valence electrons. The highest BCUT2D eigenvalue weighted by atomic mass is 79.9. The summed E-state index contributed by atoms with van der Waals surface area (Å²) in [6.07, 6.45) is 1.06. The molecule has 1 rings (SSSR count). The fourth-order valence-corrected chi connectivity index (χ4v) is 1.52. The molecule has 1 N–H and O–H groups in total. The van der Waals surface area contributed by atoms with Crippen LogP contribution in [0.15, 0.2) is 22.7 Å². The number of aryl methyl sites for hydroxylation is 1. The molecule has 0 aliphatic carbocycles.